The molecule has 0 bridgehead atoms. The number of carboxylic acid groups (broad SMARTS) is 1. The predicted octanol–water partition coefficient (Wildman–Crippen LogP) is 0.505. The molecular weight excluding hydrogens is 248 g/mol. The second kappa shape index (κ2) is 4.34. The van der Waals surface area contributed by atoms with Gasteiger partial charge in [0.1, 0.15) is 11.0 Å². The molecule has 0 radical (unpaired) electrons. The summed E-state index contributed by atoms with van der Waals surface area (Å²) in [6.45, 7) is 0.748. The number of aromatic amines is 1. The third-order valence-corrected chi connectivity index (χ3v) is 3.39. The van der Waals surface area contributed by atoms with Gasteiger partial charge in [0.15, 0.2) is 0 Å². The molecule has 1 atom stereocenters. The Bertz CT molecular complexity index is 651. The molecular formula is C12H12N4O3. The molecule has 1 aliphatic rings. The largest absolute Gasteiger partial charge is 0.481 e. The van der Waals surface area contributed by atoms with E-state index < -0.39 is 11.9 Å². The molecule has 7 heteroatoms. The van der Waals surface area contributed by atoms with E-state index in [2.05, 4.69) is 15.4 Å². The number of carboxylic acids is 1. The number of rotatable bonds is 2. The van der Waals surface area contributed by atoms with Crippen LogP contribution < -0.4 is 0 Å². The predicted molar refractivity (Wildman–Crippen MR) is 65.5 cm³/mol. The van der Waals surface area contributed by atoms with Crippen LogP contribution in [0.1, 0.15) is 16.8 Å². The highest BCUT2D eigenvalue weighted by atomic mass is 16.4. The SMILES string of the molecule is O=C(O)C1CCN(C(=O)c2ccc3n[nH]nc3c2)C1. The fourth-order valence-corrected chi connectivity index (χ4v) is 2.30. The fourth-order valence-electron chi connectivity index (χ4n) is 2.30. The zero-order valence-electron chi connectivity index (χ0n) is 10.0. The van der Waals surface area contributed by atoms with Crippen LogP contribution in [0.25, 0.3) is 11.0 Å². The number of nitrogens with one attached hydrogen (secondary N) is 1. The summed E-state index contributed by atoms with van der Waals surface area (Å²) in [7, 11) is 0. The lowest BCUT2D eigenvalue weighted by molar-refractivity contribution is -0.141. The van der Waals surface area contributed by atoms with Crippen molar-refractivity contribution in [2.24, 2.45) is 5.92 Å². The summed E-state index contributed by atoms with van der Waals surface area (Å²) in [6.07, 6.45) is 0.507. The Morgan fingerprint density at radius 2 is 2.11 bits per heavy atom. The van der Waals surface area contributed by atoms with Crippen molar-refractivity contribution in [3.8, 4) is 0 Å². The topological polar surface area (TPSA) is 99.2 Å². The van der Waals surface area contributed by atoms with E-state index in [0.717, 1.165) is 0 Å². The van der Waals surface area contributed by atoms with Crippen molar-refractivity contribution in [1.82, 2.24) is 20.3 Å². The molecule has 2 heterocycles. The van der Waals surface area contributed by atoms with E-state index in [1.807, 2.05) is 0 Å². The molecule has 2 aromatic rings. The van der Waals surface area contributed by atoms with Crippen molar-refractivity contribution in [3.63, 3.8) is 0 Å². The number of nitrogens with zero attached hydrogens (tertiary/aromatic N) is 3. The summed E-state index contributed by atoms with van der Waals surface area (Å²) in [5.74, 6) is -1.46. The number of fused-ring (bicyclic) bond motifs is 1. The van der Waals surface area contributed by atoms with E-state index in [1.165, 1.54) is 0 Å². The van der Waals surface area contributed by atoms with Crippen molar-refractivity contribution < 1.29 is 14.7 Å². The number of hydrogen-bond acceptors (Lipinski definition) is 4. The average molecular weight is 260 g/mol. The monoisotopic (exact) mass is 260 g/mol. The van der Waals surface area contributed by atoms with Gasteiger partial charge in [-0.25, -0.2) is 0 Å². The van der Waals surface area contributed by atoms with Crippen LogP contribution in [-0.2, 0) is 4.79 Å². The second-order valence-corrected chi connectivity index (χ2v) is 4.60. The van der Waals surface area contributed by atoms with Crippen LogP contribution in [0.3, 0.4) is 0 Å². The number of likely N-dealkylation sites (tertiary alicyclic amines) is 1. The summed E-state index contributed by atoms with van der Waals surface area (Å²) >= 11 is 0. The lowest BCUT2D eigenvalue weighted by atomic mass is 10.1. The van der Waals surface area contributed by atoms with Crippen LogP contribution in [0.4, 0.5) is 0 Å². The molecule has 7 nitrogen and oxygen atoms in total. The van der Waals surface area contributed by atoms with Gasteiger partial charge in [0.2, 0.25) is 0 Å². The first-order valence-electron chi connectivity index (χ1n) is 5.98. The molecule has 1 aromatic carbocycles. The normalized spacial score (nSPS) is 18.9. The minimum absolute atomic E-state index is 0.159. The molecule has 0 saturated carbocycles. The van der Waals surface area contributed by atoms with Crippen molar-refractivity contribution in [3.05, 3.63) is 23.8 Å². The van der Waals surface area contributed by atoms with Gasteiger partial charge in [0.05, 0.1) is 5.92 Å². The zero-order valence-corrected chi connectivity index (χ0v) is 10.0. The van der Waals surface area contributed by atoms with Crippen LogP contribution >= 0.6 is 0 Å². The van der Waals surface area contributed by atoms with Gasteiger partial charge in [-0.05, 0) is 24.6 Å². The van der Waals surface area contributed by atoms with E-state index in [1.54, 1.807) is 23.1 Å². The fraction of sp³-hybridized carbons (Fsp3) is 0.333. The Hall–Kier alpha value is -2.44. The van der Waals surface area contributed by atoms with E-state index in [-0.39, 0.29) is 12.5 Å². The average Bonchev–Trinajstić information content (AvgIpc) is 3.06. The number of carbonyl (C=O) groups excluding carboxylic acids is 1. The van der Waals surface area contributed by atoms with E-state index in [0.29, 0.717) is 29.6 Å². The maximum absolute atomic E-state index is 12.3. The maximum Gasteiger partial charge on any atom is 0.308 e. The van der Waals surface area contributed by atoms with E-state index in [4.69, 9.17) is 5.11 Å². The minimum Gasteiger partial charge on any atom is -0.481 e. The Balaban J connectivity index is 1.82. The van der Waals surface area contributed by atoms with Crippen LogP contribution in [0.15, 0.2) is 18.2 Å². The Kier molecular flexibility index (Phi) is 2.66. The molecule has 1 aliphatic heterocycles. The number of aliphatic carboxylic acids is 1. The van der Waals surface area contributed by atoms with Gasteiger partial charge in [0, 0.05) is 18.7 Å². The van der Waals surface area contributed by atoms with Crippen LogP contribution in [0.2, 0.25) is 0 Å². The highest BCUT2D eigenvalue weighted by Crippen LogP contribution is 2.20. The summed E-state index contributed by atoms with van der Waals surface area (Å²) in [4.78, 5) is 24.7. The van der Waals surface area contributed by atoms with Gasteiger partial charge in [-0.3, -0.25) is 9.59 Å². The first-order valence-corrected chi connectivity index (χ1v) is 5.98. The lowest BCUT2D eigenvalue weighted by Crippen LogP contribution is -2.29. The van der Waals surface area contributed by atoms with Gasteiger partial charge in [0.25, 0.3) is 5.91 Å². The highest BCUT2D eigenvalue weighted by molar-refractivity contribution is 5.97. The molecule has 2 N–H and O–H groups in total. The quantitative estimate of drug-likeness (QED) is 0.819. The van der Waals surface area contributed by atoms with Gasteiger partial charge in [-0.15, -0.1) is 0 Å². The van der Waals surface area contributed by atoms with Crippen molar-refractivity contribution >= 4 is 22.9 Å². The molecule has 0 aliphatic carbocycles. The molecule has 1 fully saturated rings. The molecule has 3 rings (SSSR count). The van der Waals surface area contributed by atoms with Gasteiger partial charge < -0.3 is 10.0 Å². The summed E-state index contributed by atoms with van der Waals surface area (Å²) in [6, 6.07) is 5.06. The van der Waals surface area contributed by atoms with Gasteiger partial charge in [-0.2, -0.15) is 15.4 Å². The maximum atomic E-state index is 12.3. The standard InChI is InChI=1S/C12H12N4O3/c17-11(16-4-3-8(6-16)12(18)19)7-1-2-9-10(5-7)14-15-13-9/h1-2,5,8H,3-4,6H2,(H,18,19)(H,13,14,15). The number of H-pyrrole nitrogens is 1. The number of benzene rings is 1. The van der Waals surface area contributed by atoms with Crippen molar-refractivity contribution in [2.45, 2.75) is 6.42 Å². The summed E-state index contributed by atoms with van der Waals surface area (Å²) in [5, 5.41) is 19.3. The van der Waals surface area contributed by atoms with Crippen LogP contribution in [0, 0.1) is 5.92 Å². The summed E-state index contributed by atoms with van der Waals surface area (Å²) in [5.41, 5.74) is 1.83. The number of hydrogen-bond donors (Lipinski definition) is 2. The molecule has 1 unspecified atom stereocenters. The van der Waals surface area contributed by atoms with E-state index in [9.17, 15) is 9.59 Å². The molecule has 19 heavy (non-hydrogen) atoms. The summed E-state index contributed by atoms with van der Waals surface area (Å²) < 4.78 is 0. The highest BCUT2D eigenvalue weighted by Gasteiger charge is 2.31. The lowest BCUT2D eigenvalue weighted by Gasteiger charge is -2.15. The molecule has 1 saturated heterocycles. The Morgan fingerprint density at radius 3 is 2.84 bits per heavy atom. The molecule has 1 aromatic heterocycles. The number of carbonyl (C=O) groups is 2. The second-order valence-electron chi connectivity index (χ2n) is 4.60. The Morgan fingerprint density at radius 1 is 1.32 bits per heavy atom. The van der Waals surface area contributed by atoms with Crippen LogP contribution in [-0.4, -0.2) is 50.4 Å². The van der Waals surface area contributed by atoms with Crippen molar-refractivity contribution in [2.75, 3.05) is 13.1 Å². The number of aromatic nitrogens is 3. The molecule has 1 amide bonds. The van der Waals surface area contributed by atoms with Gasteiger partial charge in [-0.1, -0.05) is 0 Å². The van der Waals surface area contributed by atoms with Gasteiger partial charge >= 0.3 is 5.97 Å². The number of amides is 1. The third-order valence-electron chi connectivity index (χ3n) is 3.39. The Labute approximate surface area is 108 Å². The zero-order chi connectivity index (χ0) is 13.4. The molecule has 0 spiro atoms. The van der Waals surface area contributed by atoms with Crippen LogP contribution in [0.5, 0.6) is 0 Å². The first kappa shape index (κ1) is 11.6. The first-order chi connectivity index (χ1) is 9.15. The van der Waals surface area contributed by atoms with E-state index >= 15 is 0 Å². The molecule has 98 valence electrons. The third kappa shape index (κ3) is 2.03. The van der Waals surface area contributed by atoms with Crippen molar-refractivity contribution in [1.29, 1.82) is 0 Å². The minimum atomic E-state index is -0.845. The smallest absolute Gasteiger partial charge is 0.308 e.